The van der Waals surface area contributed by atoms with E-state index in [0.717, 1.165) is 12.8 Å². The van der Waals surface area contributed by atoms with Crippen molar-refractivity contribution >= 4 is 0 Å². The highest BCUT2D eigenvalue weighted by molar-refractivity contribution is 5.86. The van der Waals surface area contributed by atoms with Crippen molar-refractivity contribution in [1.82, 2.24) is 0 Å². The lowest BCUT2D eigenvalue weighted by atomic mass is 9.64. The average molecular weight is 429 g/mol. The summed E-state index contributed by atoms with van der Waals surface area (Å²) < 4.78 is 0. The fourth-order valence-electron chi connectivity index (χ4n) is 5.48. The van der Waals surface area contributed by atoms with Crippen molar-refractivity contribution in [2.45, 2.75) is 18.3 Å². The SMILES string of the molecule is NC=CCc1ccccc1C1(c2ccccc2CC=CN)c2ccccc2-c2ccccc21. The molecule has 0 saturated heterocycles. The number of benzene rings is 4. The third-order valence-electron chi connectivity index (χ3n) is 6.74. The second-order valence-electron chi connectivity index (χ2n) is 8.42. The van der Waals surface area contributed by atoms with Gasteiger partial charge < -0.3 is 11.5 Å². The molecule has 5 rings (SSSR count). The monoisotopic (exact) mass is 428 g/mol. The second kappa shape index (κ2) is 8.84. The highest BCUT2D eigenvalue weighted by Crippen LogP contribution is 2.57. The minimum absolute atomic E-state index is 0.425. The zero-order valence-electron chi connectivity index (χ0n) is 18.6. The van der Waals surface area contributed by atoms with Crippen molar-refractivity contribution in [2.75, 3.05) is 0 Å². The van der Waals surface area contributed by atoms with Crippen LogP contribution in [0.15, 0.2) is 122 Å². The van der Waals surface area contributed by atoms with E-state index in [0.29, 0.717) is 0 Å². The standard InChI is InChI=1S/C31H28N2/c32-21-9-13-23-11-1-5-17-27(23)31(28-18-6-2-12-24(28)14-10-22-33)29-19-7-3-15-25(29)26-16-4-8-20-30(26)31/h1-12,15-22H,13-14,32-33H2. The molecule has 162 valence electrons. The lowest BCUT2D eigenvalue weighted by molar-refractivity contribution is 0.747. The fourth-order valence-corrected chi connectivity index (χ4v) is 5.48. The van der Waals surface area contributed by atoms with Crippen LogP contribution < -0.4 is 11.5 Å². The van der Waals surface area contributed by atoms with Crippen LogP contribution in [-0.4, -0.2) is 0 Å². The Hall–Kier alpha value is -4.04. The molecule has 1 aliphatic carbocycles. The maximum absolute atomic E-state index is 5.76. The summed E-state index contributed by atoms with van der Waals surface area (Å²) >= 11 is 0. The second-order valence-corrected chi connectivity index (χ2v) is 8.42. The molecule has 4 N–H and O–H groups in total. The van der Waals surface area contributed by atoms with E-state index in [9.17, 15) is 0 Å². The molecule has 0 unspecified atom stereocenters. The average Bonchev–Trinajstić information content (AvgIpc) is 3.18. The van der Waals surface area contributed by atoms with Gasteiger partial charge in [0.2, 0.25) is 0 Å². The predicted molar refractivity (Wildman–Crippen MR) is 138 cm³/mol. The summed E-state index contributed by atoms with van der Waals surface area (Å²) in [5.74, 6) is 0. The molecule has 0 fully saturated rings. The molecule has 0 atom stereocenters. The quantitative estimate of drug-likeness (QED) is 0.344. The Morgan fingerprint density at radius 3 is 1.27 bits per heavy atom. The molecule has 0 spiro atoms. The van der Waals surface area contributed by atoms with E-state index >= 15 is 0 Å². The molecule has 0 bridgehead atoms. The maximum atomic E-state index is 5.76. The summed E-state index contributed by atoms with van der Waals surface area (Å²) in [6.45, 7) is 0. The summed E-state index contributed by atoms with van der Waals surface area (Å²) in [6.07, 6.45) is 8.90. The van der Waals surface area contributed by atoms with E-state index in [-0.39, 0.29) is 0 Å². The van der Waals surface area contributed by atoms with Crippen molar-refractivity contribution in [1.29, 1.82) is 0 Å². The summed E-state index contributed by atoms with van der Waals surface area (Å²) in [6, 6.07) is 35.2. The topological polar surface area (TPSA) is 52.0 Å². The first-order valence-electron chi connectivity index (χ1n) is 11.4. The summed E-state index contributed by atoms with van der Waals surface area (Å²) in [4.78, 5) is 0. The van der Waals surface area contributed by atoms with Crippen LogP contribution in [0.4, 0.5) is 0 Å². The summed E-state index contributed by atoms with van der Waals surface area (Å²) in [5, 5.41) is 0. The molecule has 33 heavy (non-hydrogen) atoms. The highest BCUT2D eigenvalue weighted by Gasteiger charge is 2.47. The number of fused-ring (bicyclic) bond motifs is 3. The Balaban J connectivity index is 1.94. The van der Waals surface area contributed by atoms with E-state index in [2.05, 4.69) is 97.1 Å². The lowest BCUT2D eigenvalue weighted by Crippen LogP contribution is -2.31. The van der Waals surface area contributed by atoms with Crippen LogP contribution in [0.25, 0.3) is 11.1 Å². The number of rotatable bonds is 6. The molecule has 0 aliphatic heterocycles. The van der Waals surface area contributed by atoms with Crippen molar-refractivity contribution < 1.29 is 0 Å². The van der Waals surface area contributed by atoms with E-state index in [1.165, 1.54) is 44.5 Å². The van der Waals surface area contributed by atoms with E-state index in [1.807, 2.05) is 12.2 Å². The molecule has 4 aromatic carbocycles. The normalized spacial score (nSPS) is 13.9. The van der Waals surface area contributed by atoms with Gasteiger partial charge >= 0.3 is 0 Å². The Labute approximate surface area is 195 Å². The summed E-state index contributed by atoms with van der Waals surface area (Å²) in [5.41, 5.74) is 21.4. The van der Waals surface area contributed by atoms with Gasteiger partial charge in [-0.15, -0.1) is 0 Å². The number of nitrogens with two attached hydrogens (primary N) is 2. The Bertz CT molecular complexity index is 1240. The zero-order chi connectivity index (χ0) is 22.7. The number of hydrogen-bond acceptors (Lipinski definition) is 2. The fraction of sp³-hybridized carbons (Fsp3) is 0.0968. The van der Waals surface area contributed by atoms with Gasteiger partial charge in [-0.25, -0.2) is 0 Å². The molecule has 0 aromatic heterocycles. The van der Waals surface area contributed by atoms with Gasteiger partial charge in [-0.1, -0.05) is 109 Å². The van der Waals surface area contributed by atoms with E-state index < -0.39 is 5.41 Å². The Kier molecular flexibility index (Phi) is 5.58. The van der Waals surface area contributed by atoms with Gasteiger partial charge in [-0.3, -0.25) is 0 Å². The first-order chi connectivity index (χ1) is 16.3. The Morgan fingerprint density at radius 2 is 0.848 bits per heavy atom. The van der Waals surface area contributed by atoms with Gasteiger partial charge in [0.1, 0.15) is 0 Å². The van der Waals surface area contributed by atoms with Gasteiger partial charge in [0.25, 0.3) is 0 Å². The molecule has 0 heterocycles. The third-order valence-corrected chi connectivity index (χ3v) is 6.74. The van der Waals surface area contributed by atoms with Crippen LogP contribution in [0.3, 0.4) is 0 Å². The smallest absolute Gasteiger partial charge is 0.0719 e. The van der Waals surface area contributed by atoms with Crippen molar-refractivity contribution in [3.8, 4) is 11.1 Å². The zero-order valence-corrected chi connectivity index (χ0v) is 18.6. The van der Waals surface area contributed by atoms with Crippen molar-refractivity contribution in [3.63, 3.8) is 0 Å². The van der Waals surface area contributed by atoms with Crippen LogP contribution in [0.5, 0.6) is 0 Å². The van der Waals surface area contributed by atoms with E-state index in [1.54, 1.807) is 12.4 Å². The molecule has 2 heteroatoms. The Morgan fingerprint density at radius 1 is 0.485 bits per heavy atom. The van der Waals surface area contributed by atoms with Gasteiger partial charge in [-0.05, 0) is 69.7 Å². The van der Waals surface area contributed by atoms with Gasteiger partial charge in [-0.2, -0.15) is 0 Å². The van der Waals surface area contributed by atoms with Crippen molar-refractivity contribution in [3.05, 3.63) is 155 Å². The van der Waals surface area contributed by atoms with Crippen LogP contribution >= 0.6 is 0 Å². The minimum atomic E-state index is -0.425. The predicted octanol–water partition coefficient (Wildman–Crippen LogP) is 6.08. The largest absolute Gasteiger partial charge is 0.405 e. The number of allylic oxidation sites excluding steroid dienone is 2. The van der Waals surface area contributed by atoms with Crippen LogP contribution in [-0.2, 0) is 18.3 Å². The summed E-state index contributed by atoms with van der Waals surface area (Å²) in [7, 11) is 0. The molecular formula is C31H28N2. The first-order valence-corrected chi connectivity index (χ1v) is 11.4. The molecular weight excluding hydrogens is 400 g/mol. The maximum Gasteiger partial charge on any atom is 0.0719 e. The first kappa shape index (κ1) is 20.8. The lowest BCUT2D eigenvalue weighted by Gasteiger charge is -2.37. The van der Waals surface area contributed by atoms with Gasteiger partial charge in [0, 0.05) is 0 Å². The van der Waals surface area contributed by atoms with Crippen molar-refractivity contribution in [2.24, 2.45) is 11.5 Å². The van der Waals surface area contributed by atoms with Crippen LogP contribution in [0, 0.1) is 0 Å². The third kappa shape index (κ3) is 3.27. The minimum Gasteiger partial charge on any atom is -0.405 e. The van der Waals surface area contributed by atoms with Crippen LogP contribution in [0.1, 0.15) is 33.4 Å². The number of hydrogen-bond donors (Lipinski definition) is 2. The molecule has 1 aliphatic rings. The molecule has 0 radical (unpaired) electrons. The molecule has 0 amide bonds. The van der Waals surface area contributed by atoms with Gasteiger partial charge in [0.15, 0.2) is 0 Å². The molecule has 2 nitrogen and oxygen atoms in total. The highest BCUT2D eigenvalue weighted by atomic mass is 14.5. The van der Waals surface area contributed by atoms with E-state index in [4.69, 9.17) is 11.5 Å². The molecule has 0 saturated carbocycles. The molecule has 4 aromatic rings. The van der Waals surface area contributed by atoms with Crippen LogP contribution in [0.2, 0.25) is 0 Å². The van der Waals surface area contributed by atoms with Gasteiger partial charge in [0.05, 0.1) is 5.41 Å².